The molecule has 88 valence electrons. The quantitative estimate of drug-likeness (QED) is 0.871. The highest BCUT2D eigenvalue weighted by Gasteiger charge is 2.14. The Morgan fingerprint density at radius 2 is 2.24 bits per heavy atom. The fraction of sp³-hybridized carbons (Fsp3) is 0.333. The van der Waals surface area contributed by atoms with E-state index in [0.717, 1.165) is 12.4 Å². The van der Waals surface area contributed by atoms with E-state index in [0.29, 0.717) is 5.82 Å². The summed E-state index contributed by atoms with van der Waals surface area (Å²) in [7, 11) is 0. The molecule has 1 aliphatic carbocycles. The third kappa shape index (κ3) is 2.24. The monoisotopic (exact) mass is 246 g/mol. The van der Waals surface area contributed by atoms with Crippen molar-refractivity contribution in [1.29, 1.82) is 0 Å². The topological polar surface area (TPSA) is 63.8 Å². The van der Waals surface area contributed by atoms with E-state index in [1.165, 1.54) is 29.7 Å². The van der Waals surface area contributed by atoms with Gasteiger partial charge in [0.2, 0.25) is 0 Å². The van der Waals surface area contributed by atoms with Gasteiger partial charge in [-0.2, -0.15) is 0 Å². The van der Waals surface area contributed by atoms with Crippen LogP contribution in [0.2, 0.25) is 0 Å². The van der Waals surface area contributed by atoms with Gasteiger partial charge in [-0.3, -0.25) is 0 Å². The predicted molar refractivity (Wildman–Crippen MR) is 70.1 cm³/mol. The van der Waals surface area contributed by atoms with Crippen LogP contribution in [0.5, 0.6) is 0 Å². The molecular weight excluding hydrogens is 232 g/mol. The highest BCUT2D eigenvalue weighted by atomic mass is 32.1. The van der Waals surface area contributed by atoms with Crippen LogP contribution in [0, 0.1) is 0 Å². The fourth-order valence-corrected chi connectivity index (χ4v) is 3.29. The molecule has 3 rings (SSSR count). The van der Waals surface area contributed by atoms with Crippen molar-refractivity contribution >= 4 is 23.0 Å². The average Bonchev–Trinajstić information content (AvgIpc) is 2.88. The molecule has 0 saturated heterocycles. The molecule has 0 radical (unpaired) electrons. The van der Waals surface area contributed by atoms with Crippen molar-refractivity contribution in [3.63, 3.8) is 0 Å². The van der Waals surface area contributed by atoms with Crippen molar-refractivity contribution in [3.8, 4) is 0 Å². The number of rotatable bonds is 3. The largest absolute Gasteiger partial charge is 0.382 e. The molecule has 0 aliphatic heterocycles. The van der Waals surface area contributed by atoms with Crippen molar-refractivity contribution < 1.29 is 0 Å². The minimum Gasteiger partial charge on any atom is -0.382 e. The van der Waals surface area contributed by atoms with Gasteiger partial charge in [-0.1, -0.05) is 0 Å². The van der Waals surface area contributed by atoms with Crippen LogP contribution in [0.1, 0.15) is 21.7 Å². The van der Waals surface area contributed by atoms with E-state index in [4.69, 9.17) is 5.73 Å². The van der Waals surface area contributed by atoms with Gasteiger partial charge < -0.3 is 11.1 Å². The van der Waals surface area contributed by atoms with E-state index >= 15 is 0 Å². The van der Waals surface area contributed by atoms with Gasteiger partial charge in [0.05, 0.1) is 18.9 Å². The summed E-state index contributed by atoms with van der Waals surface area (Å²) in [5, 5.41) is 3.26. The third-order valence-corrected chi connectivity index (χ3v) is 4.15. The summed E-state index contributed by atoms with van der Waals surface area (Å²) in [5.74, 6) is 1.22. The van der Waals surface area contributed by atoms with Crippen LogP contribution in [-0.4, -0.2) is 9.97 Å². The lowest BCUT2D eigenvalue weighted by molar-refractivity contribution is 0.913. The lowest BCUT2D eigenvalue weighted by atomic mass is 10.2. The lowest BCUT2D eigenvalue weighted by Gasteiger charge is -2.03. The Morgan fingerprint density at radius 3 is 3.00 bits per heavy atom. The zero-order valence-corrected chi connectivity index (χ0v) is 10.3. The Balaban J connectivity index is 1.65. The summed E-state index contributed by atoms with van der Waals surface area (Å²) in [6.07, 6.45) is 7.04. The number of fused-ring (bicyclic) bond motifs is 1. The molecule has 2 aromatic rings. The summed E-state index contributed by atoms with van der Waals surface area (Å²) < 4.78 is 0. The smallest absolute Gasteiger partial charge is 0.144 e. The number of hydrogen-bond donors (Lipinski definition) is 2. The number of aromatic nitrogens is 2. The van der Waals surface area contributed by atoms with Gasteiger partial charge in [-0.05, 0) is 30.9 Å². The molecular formula is C12H14N4S. The second kappa shape index (κ2) is 4.33. The Labute approximate surface area is 104 Å². The first kappa shape index (κ1) is 10.5. The van der Waals surface area contributed by atoms with Gasteiger partial charge in [0.25, 0.3) is 0 Å². The summed E-state index contributed by atoms with van der Waals surface area (Å²) in [6, 6.07) is 2.31. The molecule has 3 N–H and O–H groups in total. The lowest BCUT2D eigenvalue weighted by Crippen LogP contribution is -2.01. The molecule has 2 aromatic heterocycles. The van der Waals surface area contributed by atoms with Crippen LogP contribution in [0.3, 0.4) is 0 Å². The summed E-state index contributed by atoms with van der Waals surface area (Å²) in [6.45, 7) is 0.816. The standard InChI is InChI=1S/C12H14N4S/c13-11-6-16-12(7-14-11)15-5-9-4-8-2-1-3-10(8)17-9/h4,6-7H,1-3,5H2,(H2,13,14)(H,15,16). The summed E-state index contributed by atoms with van der Waals surface area (Å²) in [4.78, 5) is 11.1. The van der Waals surface area contributed by atoms with E-state index in [1.54, 1.807) is 17.3 Å². The molecule has 1 aliphatic rings. The molecule has 0 fully saturated rings. The number of nitrogens with one attached hydrogen (secondary N) is 1. The SMILES string of the molecule is Nc1cnc(NCc2cc3c(s2)CCC3)cn1. The number of nitrogens with two attached hydrogens (primary N) is 1. The minimum atomic E-state index is 0.450. The zero-order valence-electron chi connectivity index (χ0n) is 9.44. The molecule has 0 saturated carbocycles. The maximum absolute atomic E-state index is 5.48. The summed E-state index contributed by atoms with van der Waals surface area (Å²) >= 11 is 1.91. The van der Waals surface area contributed by atoms with E-state index in [-0.39, 0.29) is 0 Å². The normalized spacial score (nSPS) is 13.6. The molecule has 5 heteroatoms. The minimum absolute atomic E-state index is 0.450. The van der Waals surface area contributed by atoms with Gasteiger partial charge in [-0.25, -0.2) is 9.97 Å². The van der Waals surface area contributed by atoms with Gasteiger partial charge in [0.1, 0.15) is 11.6 Å². The fourth-order valence-electron chi connectivity index (χ4n) is 2.08. The maximum atomic E-state index is 5.48. The number of aryl methyl sites for hydroxylation is 2. The maximum Gasteiger partial charge on any atom is 0.144 e. The number of anilines is 2. The van der Waals surface area contributed by atoms with Crippen LogP contribution in [0.25, 0.3) is 0 Å². The van der Waals surface area contributed by atoms with Gasteiger partial charge in [-0.15, -0.1) is 11.3 Å². The average molecular weight is 246 g/mol. The Hall–Kier alpha value is -1.62. The molecule has 0 unspecified atom stereocenters. The first-order valence-corrected chi connectivity index (χ1v) is 6.55. The van der Waals surface area contributed by atoms with Crippen LogP contribution in [0.15, 0.2) is 18.5 Å². The van der Waals surface area contributed by atoms with E-state index in [9.17, 15) is 0 Å². The van der Waals surface area contributed by atoms with Gasteiger partial charge in [0.15, 0.2) is 0 Å². The zero-order chi connectivity index (χ0) is 11.7. The summed E-state index contributed by atoms with van der Waals surface area (Å²) in [5.41, 5.74) is 7.02. The van der Waals surface area contributed by atoms with Crippen molar-refractivity contribution in [2.75, 3.05) is 11.1 Å². The second-order valence-electron chi connectivity index (χ2n) is 4.19. The molecule has 0 atom stereocenters. The van der Waals surface area contributed by atoms with Crippen molar-refractivity contribution in [1.82, 2.24) is 9.97 Å². The van der Waals surface area contributed by atoms with Crippen molar-refractivity contribution in [3.05, 3.63) is 33.8 Å². The third-order valence-electron chi connectivity index (χ3n) is 2.91. The van der Waals surface area contributed by atoms with E-state index < -0.39 is 0 Å². The first-order chi connectivity index (χ1) is 8.31. The molecule has 0 bridgehead atoms. The van der Waals surface area contributed by atoms with Crippen LogP contribution >= 0.6 is 11.3 Å². The Bertz CT molecular complexity index is 496. The van der Waals surface area contributed by atoms with Crippen molar-refractivity contribution in [2.24, 2.45) is 0 Å². The predicted octanol–water partition coefficient (Wildman–Crippen LogP) is 2.22. The molecule has 2 heterocycles. The molecule has 17 heavy (non-hydrogen) atoms. The van der Waals surface area contributed by atoms with E-state index in [2.05, 4.69) is 21.4 Å². The Kier molecular flexibility index (Phi) is 2.68. The highest BCUT2D eigenvalue weighted by molar-refractivity contribution is 7.12. The molecule has 4 nitrogen and oxygen atoms in total. The second-order valence-corrected chi connectivity index (χ2v) is 5.42. The number of nitrogens with zero attached hydrogens (tertiary/aromatic N) is 2. The van der Waals surface area contributed by atoms with Crippen LogP contribution in [-0.2, 0) is 19.4 Å². The number of nitrogen functional groups attached to an aromatic ring is 1. The first-order valence-electron chi connectivity index (χ1n) is 5.73. The van der Waals surface area contributed by atoms with Crippen molar-refractivity contribution in [2.45, 2.75) is 25.8 Å². The van der Waals surface area contributed by atoms with Gasteiger partial charge in [0, 0.05) is 9.75 Å². The molecule has 0 spiro atoms. The molecule has 0 aromatic carbocycles. The van der Waals surface area contributed by atoms with Crippen LogP contribution < -0.4 is 11.1 Å². The van der Waals surface area contributed by atoms with Gasteiger partial charge >= 0.3 is 0 Å². The number of thiophene rings is 1. The van der Waals surface area contributed by atoms with E-state index in [1.807, 2.05) is 11.3 Å². The Morgan fingerprint density at radius 1 is 1.29 bits per heavy atom. The number of hydrogen-bond acceptors (Lipinski definition) is 5. The molecule has 0 amide bonds. The van der Waals surface area contributed by atoms with Crippen LogP contribution in [0.4, 0.5) is 11.6 Å². The highest BCUT2D eigenvalue weighted by Crippen LogP contribution is 2.30.